The minimum atomic E-state index is -0.548. The number of hydrogen-bond acceptors (Lipinski definition) is 2. The Morgan fingerprint density at radius 1 is 0.944 bits per heavy atom. The zero-order chi connectivity index (χ0) is 13.9. The summed E-state index contributed by atoms with van der Waals surface area (Å²) in [4.78, 5) is 0. The molecule has 1 atom stereocenters. The molecule has 0 rings (SSSR count). The van der Waals surface area contributed by atoms with Crippen molar-refractivity contribution in [1.82, 2.24) is 5.32 Å². The summed E-state index contributed by atoms with van der Waals surface area (Å²) in [7, 11) is 0. The summed E-state index contributed by atoms with van der Waals surface area (Å²) in [5.41, 5.74) is -0.548. The molecule has 1 unspecified atom stereocenters. The Morgan fingerprint density at radius 2 is 1.44 bits per heavy atom. The van der Waals surface area contributed by atoms with Gasteiger partial charge in [-0.05, 0) is 26.2 Å². The summed E-state index contributed by atoms with van der Waals surface area (Å²) in [6.45, 7) is 9.20. The van der Waals surface area contributed by atoms with Gasteiger partial charge in [0.2, 0.25) is 0 Å². The summed E-state index contributed by atoms with van der Waals surface area (Å²) in [6.07, 6.45) is 11.2. The van der Waals surface area contributed by atoms with Crippen molar-refractivity contribution in [2.75, 3.05) is 6.54 Å². The normalized spacial score (nSPS) is 15.0. The zero-order valence-electron chi connectivity index (χ0n) is 13.1. The number of unbranched alkanes of at least 4 members (excludes halogenated alkanes) is 4. The van der Waals surface area contributed by atoms with Gasteiger partial charge in [0.05, 0.1) is 5.60 Å². The van der Waals surface area contributed by atoms with Crippen LogP contribution in [0.25, 0.3) is 0 Å². The van der Waals surface area contributed by atoms with Crippen LogP contribution in [0.2, 0.25) is 0 Å². The maximum Gasteiger partial charge on any atom is 0.0741 e. The first kappa shape index (κ1) is 17.9. The molecule has 18 heavy (non-hydrogen) atoms. The van der Waals surface area contributed by atoms with Crippen LogP contribution in [0.15, 0.2) is 0 Å². The lowest BCUT2D eigenvalue weighted by atomic mass is 9.99. The van der Waals surface area contributed by atoms with E-state index in [-0.39, 0.29) is 0 Å². The van der Waals surface area contributed by atoms with E-state index in [1.165, 1.54) is 51.4 Å². The van der Waals surface area contributed by atoms with Gasteiger partial charge in [-0.3, -0.25) is 0 Å². The fourth-order valence-corrected chi connectivity index (χ4v) is 2.12. The van der Waals surface area contributed by atoms with Gasteiger partial charge in [0, 0.05) is 12.6 Å². The third-order valence-corrected chi connectivity index (χ3v) is 3.85. The molecule has 110 valence electrons. The smallest absolute Gasteiger partial charge is 0.0741 e. The van der Waals surface area contributed by atoms with Crippen LogP contribution in [0, 0.1) is 0 Å². The first-order chi connectivity index (χ1) is 8.55. The molecule has 0 aromatic rings. The van der Waals surface area contributed by atoms with E-state index in [2.05, 4.69) is 19.2 Å². The second-order valence-electron chi connectivity index (χ2n) is 5.92. The van der Waals surface area contributed by atoms with Gasteiger partial charge >= 0.3 is 0 Å². The Kier molecular flexibility index (Phi) is 10.8. The zero-order valence-corrected chi connectivity index (χ0v) is 13.1. The van der Waals surface area contributed by atoms with Crippen molar-refractivity contribution in [1.29, 1.82) is 0 Å². The Balaban J connectivity index is 3.94. The van der Waals surface area contributed by atoms with Crippen LogP contribution < -0.4 is 5.32 Å². The maximum absolute atomic E-state index is 10.1. The minimum absolute atomic E-state index is 0.548. The third kappa shape index (κ3) is 9.90. The predicted molar refractivity (Wildman–Crippen MR) is 81.0 cm³/mol. The molecule has 0 aliphatic carbocycles. The molecule has 2 heteroatoms. The molecule has 0 saturated carbocycles. The second-order valence-corrected chi connectivity index (χ2v) is 5.92. The Labute approximate surface area is 115 Å². The Hall–Kier alpha value is -0.0800. The van der Waals surface area contributed by atoms with Crippen LogP contribution in [-0.4, -0.2) is 23.3 Å². The highest BCUT2D eigenvalue weighted by Gasteiger charge is 2.19. The molecule has 0 bridgehead atoms. The minimum Gasteiger partial charge on any atom is -0.389 e. The molecule has 0 aliphatic heterocycles. The van der Waals surface area contributed by atoms with Gasteiger partial charge in [-0.1, -0.05) is 59.3 Å². The van der Waals surface area contributed by atoms with Crippen molar-refractivity contribution in [3.8, 4) is 0 Å². The average Bonchev–Trinajstić information content (AvgIpc) is 2.36. The molecule has 0 saturated heterocycles. The number of hydrogen-bond donors (Lipinski definition) is 2. The number of nitrogens with one attached hydrogen (secondary N) is 1. The highest BCUT2D eigenvalue weighted by Crippen LogP contribution is 2.13. The van der Waals surface area contributed by atoms with E-state index in [0.29, 0.717) is 6.04 Å². The molecule has 0 heterocycles. The van der Waals surface area contributed by atoms with Gasteiger partial charge in [-0.15, -0.1) is 0 Å². The SMILES string of the molecule is CCCCCC(CCCCC)NCC(C)(O)CC. The van der Waals surface area contributed by atoms with Crippen molar-refractivity contribution in [3.63, 3.8) is 0 Å². The molecular formula is C16H35NO. The lowest BCUT2D eigenvalue weighted by molar-refractivity contribution is 0.0519. The Bertz CT molecular complexity index is 170. The van der Waals surface area contributed by atoms with Gasteiger partial charge in [-0.25, -0.2) is 0 Å². The number of aliphatic hydroxyl groups is 1. The lowest BCUT2D eigenvalue weighted by Gasteiger charge is -2.26. The van der Waals surface area contributed by atoms with Gasteiger partial charge in [0.15, 0.2) is 0 Å². The van der Waals surface area contributed by atoms with Crippen LogP contribution in [0.1, 0.15) is 85.5 Å². The molecule has 0 radical (unpaired) electrons. The average molecular weight is 257 g/mol. The van der Waals surface area contributed by atoms with Crippen molar-refractivity contribution in [2.45, 2.75) is 97.1 Å². The van der Waals surface area contributed by atoms with Gasteiger partial charge in [0.1, 0.15) is 0 Å². The first-order valence-electron chi connectivity index (χ1n) is 8.01. The Morgan fingerprint density at radius 3 is 1.83 bits per heavy atom. The van der Waals surface area contributed by atoms with E-state index < -0.39 is 5.60 Å². The van der Waals surface area contributed by atoms with E-state index >= 15 is 0 Å². The highest BCUT2D eigenvalue weighted by atomic mass is 16.3. The fourth-order valence-electron chi connectivity index (χ4n) is 2.12. The molecule has 2 N–H and O–H groups in total. The molecule has 2 nitrogen and oxygen atoms in total. The van der Waals surface area contributed by atoms with Crippen molar-refractivity contribution in [2.24, 2.45) is 0 Å². The van der Waals surface area contributed by atoms with Crippen LogP contribution in [0.3, 0.4) is 0 Å². The first-order valence-corrected chi connectivity index (χ1v) is 8.01. The largest absolute Gasteiger partial charge is 0.389 e. The van der Waals surface area contributed by atoms with Crippen molar-refractivity contribution in [3.05, 3.63) is 0 Å². The van der Waals surface area contributed by atoms with E-state index in [0.717, 1.165) is 13.0 Å². The van der Waals surface area contributed by atoms with Gasteiger partial charge in [-0.2, -0.15) is 0 Å². The molecule has 0 aliphatic rings. The molecule has 0 spiro atoms. The van der Waals surface area contributed by atoms with Crippen LogP contribution in [-0.2, 0) is 0 Å². The van der Waals surface area contributed by atoms with Gasteiger partial charge < -0.3 is 10.4 Å². The third-order valence-electron chi connectivity index (χ3n) is 3.85. The summed E-state index contributed by atoms with van der Waals surface area (Å²) in [6, 6.07) is 0.598. The summed E-state index contributed by atoms with van der Waals surface area (Å²) < 4.78 is 0. The van der Waals surface area contributed by atoms with Crippen LogP contribution in [0.5, 0.6) is 0 Å². The van der Waals surface area contributed by atoms with E-state index in [4.69, 9.17) is 0 Å². The van der Waals surface area contributed by atoms with E-state index in [1.54, 1.807) is 0 Å². The fraction of sp³-hybridized carbons (Fsp3) is 1.00. The van der Waals surface area contributed by atoms with E-state index in [1.807, 2.05) is 13.8 Å². The lowest BCUT2D eigenvalue weighted by Crippen LogP contribution is -2.42. The van der Waals surface area contributed by atoms with Crippen molar-refractivity contribution >= 4 is 0 Å². The molecular weight excluding hydrogens is 222 g/mol. The monoisotopic (exact) mass is 257 g/mol. The number of rotatable bonds is 12. The second kappa shape index (κ2) is 10.8. The van der Waals surface area contributed by atoms with Gasteiger partial charge in [0.25, 0.3) is 0 Å². The molecule has 0 aromatic carbocycles. The summed E-state index contributed by atoms with van der Waals surface area (Å²) in [5.74, 6) is 0. The summed E-state index contributed by atoms with van der Waals surface area (Å²) >= 11 is 0. The molecule has 0 fully saturated rings. The van der Waals surface area contributed by atoms with Crippen molar-refractivity contribution < 1.29 is 5.11 Å². The summed E-state index contributed by atoms with van der Waals surface area (Å²) in [5, 5.41) is 13.6. The maximum atomic E-state index is 10.1. The van der Waals surface area contributed by atoms with Crippen LogP contribution in [0.4, 0.5) is 0 Å². The molecule has 0 aromatic heterocycles. The highest BCUT2D eigenvalue weighted by molar-refractivity contribution is 4.77. The quantitative estimate of drug-likeness (QED) is 0.512. The van der Waals surface area contributed by atoms with E-state index in [9.17, 15) is 5.11 Å². The standard InChI is InChI=1S/C16H35NO/c1-5-8-10-12-15(13-11-9-6-2)17-14-16(4,18)7-3/h15,17-18H,5-14H2,1-4H3. The topological polar surface area (TPSA) is 32.3 Å². The predicted octanol–water partition coefficient (Wildman–Crippen LogP) is 4.27. The molecule has 0 amide bonds. The van der Waals surface area contributed by atoms with Crippen LogP contribution >= 0.6 is 0 Å².